The molecule has 118 valence electrons. The molecule has 0 aromatic heterocycles. The van der Waals surface area contributed by atoms with Gasteiger partial charge in [0.1, 0.15) is 0 Å². The van der Waals surface area contributed by atoms with Crippen LogP contribution in [-0.2, 0) is 21.6 Å². The third kappa shape index (κ3) is 4.45. The van der Waals surface area contributed by atoms with Crippen LogP contribution < -0.4 is 0 Å². The summed E-state index contributed by atoms with van der Waals surface area (Å²) in [5.41, 5.74) is -0.244. The number of aryl methyl sites for hydroxylation is 1. The summed E-state index contributed by atoms with van der Waals surface area (Å²) in [6, 6.07) is 18.8. The van der Waals surface area contributed by atoms with Gasteiger partial charge in [-0.15, -0.1) is 0 Å². The highest BCUT2D eigenvalue weighted by Gasteiger charge is 2.37. The molecule has 2 aromatic rings. The minimum Gasteiger partial charge on any atom is -0.466 e. The molecule has 1 N–H and O–H groups in total. The first-order valence-electron chi connectivity index (χ1n) is 7.57. The number of benzene rings is 2. The summed E-state index contributed by atoms with van der Waals surface area (Å²) in [5.74, 6) is 4.82. The maximum atomic E-state index is 11.9. The quantitative estimate of drug-likeness (QED) is 0.524. The Bertz CT molecular complexity index is 683. The Kier molecular flexibility index (Phi) is 5.96. The van der Waals surface area contributed by atoms with Crippen molar-refractivity contribution in [1.82, 2.24) is 0 Å². The Morgan fingerprint density at radius 3 is 2.30 bits per heavy atom. The van der Waals surface area contributed by atoms with E-state index in [4.69, 9.17) is 4.74 Å². The zero-order valence-corrected chi connectivity index (χ0v) is 13.2. The number of carbonyl (C=O) groups is 1. The van der Waals surface area contributed by atoms with Crippen LogP contribution in [0.25, 0.3) is 0 Å². The summed E-state index contributed by atoms with van der Waals surface area (Å²) < 4.78 is 4.70. The summed E-state index contributed by atoms with van der Waals surface area (Å²) in [6.45, 7) is 0. The molecule has 0 aliphatic heterocycles. The SMILES string of the molecule is COC(=O)[C@@](O)(C#CCCCc1ccccc1)c1ccccc1. The average molecular weight is 308 g/mol. The molecular weight excluding hydrogens is 288 g/mol. The molecule has 0 radical (unpaired) electrons. The van der Waals surface area contributed by atoms with Gasteiger partial charge in [-0.3, -0.25) is 0 Å². The Morgan fingerprint density at radius 1 is 1.09 bits per heavy atom. The third-order valence-corrected chi connectivity index (χ3v) is 3.55. The van der Waals surface area contributed by atoms with Gasteiger partial charge in [0.2, 0.25) is 5.60 Å². The van der Waals surface area contributed by atoms with Crippen LogP contribution in [0.4, 0.5) is 0 Å². The lowest BCUT2D eigenvalue weighted by atomic mass is 9.94. The normalized spacial score (nSPS) is 12.6. The van der Waals surface area contributed by atoms with Gasteiger partial charge in [0, 0.05) is 12.0 Å². The molecule has 0 spiro atoms. The van der Waals surface area contributed by atoms with Crippen LogP contribution in [0.5, 0.6) is 0 Å². The van der Waals surface area contributed by atoms with E-state index in [1.807, 2.05) is 24.3 Å². The fraction of sp³-hybridized carbons (Fsp3) is 0.250. The Labute approximate surface area is 136 Å². The molecule has 3 nitrogen and oxygen atoms in total. The molecule has 23 heavy (non-hydrogen) atoms. The maximum Gasteiger partial charge on any atom is 0.355 e. The van der Waals surface area contributed by atoms with E-state index in [0.29, 0.717) is 12.0 Å². The first kappa shape index (κ1) is 16.8. The third-order valence-electron chi connectivity index (χ3n) is 3.55. The zero-order chi connectivity index (χ0) is 16.5. The van der Waals surface area contributed by atoms with Crippen LogP contribution in [0.15, 0.2) is 60.7 Å². The molecule has 3 heteroatoms. The summed E-state index contributed by atoms with van der Waals surface area (Å²) in [5, 5.41) is 10.6. The molecule has 0 fully saturated rings. The van der Waals surface area contributed by atoms with Gasteiger partial charge < -0.3 is 9.84 Å². The highest BCUT2D eigenvalue weighted by atomic mass is 16.5. The molecule has 0 heterocycles. The number of rotatable bonds is 5. The summed E-state index contributed by atoms with van der Waals surface area (Å²) in [7, 11) is 1.24. The number of aliphatic hydroxyl groups is 1. The molecule has 0 saturated carbocycles. The van der Waals surface area contributed by atoms with Gasteiger partial charge in [-0.2, -0.15) is 0 Å². The van der Waals surface area contributed by atoms with Crippen LogP contribution in [0.1, 0.15) is 24.0 Å². The van der Waals surface area contributed by atoms with E-state index in [0.717, 1.165) is 12.8 Å². The molecule has 1 atom stereocenters. The number of esters is 1. The highest BCUT2D eigenvalue weighted by Crippen LogP contribution is 2.22. The van der Waals surface area contributed by atoms with E-state index < -0.39 is 11.6 Å². The fourth-order valence-electron chi connectivity index (χ4n) is 2.28. The second kappa shape index (κ2) is 8.17. The lowest BCUT2D eigenvalue weighted by molar-refractivity contribution is -0.157. The van der Waals surface area contributed by atoms with Crippen molar-refractivity contribution in [2.45, 2.75) is 24.9 Å². The molecule has 0 unspecified atom stereocenters. The van der Waals surface area contributed by atoms with E-state index in [1.54, 1.807) is 24.3 Å². The van der Waals surface area contributed by atoms with Gasteiger partial charge in [-0.25, -0.2) is 4.79 Å². The van der Waals surface area contributed by atoms with E-state index in [1.165, 1.54) is 12.7 Å². The van der Waals surface area contributed by atoms with E-state index in [2.05, 4.69) is 24.0 Å². The second-order valence-electron chi connectivity index (χ2n) is 5.21. The second-order valence-corrected chi connectivity index (χ2v) is 5.21. The van der Waals surface area contributed by atoms with Gasteiger partial charge in [0.25, 0.3) is 0 Å². The van der Waals surface area contributed by atoms with Crippen molar-refractivity contribution in [2.24, 2.45) is 0 Å². The summed E-state index contributed by atoms with van der Waals surface area (Å²) >= 11 is 0. The van der Waals surface area contributed by atoms with Crippen molar-refractivity contribution in [3.05, 3.63) is 71.8 Å². The molecule has 0 amide bonds. The van der Waals surface area contributed by atoms with Crippen LogP contribution in [-0.4, -0.2) is 18.2 Å². The topological polar surface area (TPSA) is 46.5 Å². The molecule has 0 aliphatic carbocycles. The van der Waals surface area contributed by atoms with Gasteiger partial charge in [-0.05, 0) is 18.4 Å². The maximum absolute atomic E-state index is 11.9. The largest absolute Gasteiger partial charge is 0.466 e. The minimum absolute atomic E-state index is 0.419. The monoisotopic (exact) mass is 308 g/mol. The number of ether oxygens (including phenoxy) is 1. The van der Waals surface area contributed by atoms with Gasteiger partial charge in [0.05, 0.1) is 7.11 Å². The highest BCUT2D eigenvalue weighted by molar-refractivity contribution is 5.85. The van der Waals surface area contributed by atoms with Crippen LogP contribution in [0.2, 0.25) is 0 Å². The molecule has 2 rings (SSSR count). The predicted molar refractivity (Wildman–Crippen MR) is 89.5 cm³/mol. The van der Waals surface area contributed by atoms with Crippen molar-refractivity contribution in [1.29, 1.82) is 0 Å². The number of methoxy groups -OCH3 is 1. The minimum atomic E-state index is -1.91. The van der Waals surface area contributed by atoms with Gasteiger partial charge in [-0.1, -0.05) is 72.5 Å². The molecule has 0 bridgehead atoms. The Morgan fingerprint density at radius 2 is 1.70 bits per heavy atom. The van der Waals surface area contributed by atoms with Crippen LogP contribution in [0, 0.1) is 11.8 Å². The van der Waals surface area contributed by atoms with E-state index in [9.17, 15) is 9.90 Å². The Balaban J connectivity index is 2.03. The van der Waals surface area contributed by atoms with Crippen LogP contribution in [0.3, 0.4) is 0 Å². The van der Waals surface area contributed by atoms with Crippen molar-refractivity contribution in [2.75, 3.05) is 7.11 Å². The smallest absolute Gasteiger partial charge is 0.355 e. The van der Waals surface area contributed by atoms with Crippen molar-refractivity contribution < 1.29 is 14.6 Å². The molecular formula is C20H20O3. The molecule has 0 saturated heterocycles. The van der Waals surface area contributed by atoms with Crippen LogP contribution >= 0.6 is 0 Å². The van der Waals surface area contributed by atoms with E-state index >= 15 is 0 Å². The molecule has 0 aliphatic rings. The zero-order valence-electron chi connectivity index (χ0n) is 13.2. The van der Waals surface area contributed by atoms with Crippen molar-refractivity contribution in [3.8, 4) is 11.8 Å². The van der Waals surface area contributed by atoms with Gasteiger partial charge >= 0.3 is 5.97 Å². The lowest BCUT2D eigenvalue weighted by Gasteiger charge is -2.19. The number of unbranched alkanes of at least 4 members (excludes halogenated alkanes) is 1. The van der Waals surface area contributed by atoms with E-state index in [-0.39, 0.29) is 0 Å². The molecule has 2 aromatic carbocycles. The first-order chi connectivity index (χ1) is 11.2. The average Bonchev–Trinajstić information content (AvgIpc) is 2.62. The summed E-state index contributed by atoms with van der Waals surface area (Å²) in [4.78, 5) is 11.9. The first-order valence-corrected chi connectivity index (χ1v) is 7.57. The Hall–Kier alpha value is -2.57. The van der Waals surface area contributed by atoms with Crippen molar-refractivity contribution in [3.63, 3.8) is 0 Å². The van der Waals surface area contributed by atoms with Gasteiger partial charge in [0.15, 0.2) is 0 Å². The standard InChI is InChI=1S/C20H20O3/c1-23-19(21)20(22,18-14-8-3-9-15-18)16-10-4-7-13-17-11-5-2-6-12-17/h2-3,5-6,8-9,11-12,14-15,22H,4,7,13H2,1H3/t20-/m1/s1. The lowest BCUT2D eigenvalue weighted by Crippen LogP contribution is -2.35. The summed E-state index contributed by atoms with van der Waals surface area (Å²) in [6.07, 6.45) is 2.38. The number of hydrogen-bond acceptors (Lipinski definition) is 3. The fourth-order valence-corrected chi connectivity index (χ4v) is 2.28. The van der Waals surface area contributed by atoms with Crippen molar-refractivity contribution >= 4 is 5.97 Å². The number of carbonyl (C=O) groups excluding carboxylic acids is 1. The number of hydrogen-bond donors (Lipinski definition) is 1. The predicted octanol–water partition coefficient (Wildman–Crippen LogP) is 3.07.